The number of amides is 3. The van der Waals surface area contributed by atoms with Crippen molar-refractivity contribution in [1.82, 2.24) is 15.2 Å². The van der Waals surface area contributed by atoms with Crippen LogP contribution in [0.25, 0.3) is 0 Å². The van der Waals surface area contributed by atoms with Crippen LogP contribution in [0.3, 0.4) is 0 Å². The number of hydrogen-bond acceptors (Lipinski definition) is 4. The van der Waals surface area contributed by atoms with Crippen molar-refractivity contribution in [3.63, 3.8) is 0 Å². The minimum Gasteiger partial charge on any atom is -0.326 e. The molecule has 3 rings (SSSR count). The molecule has 2 aromatic rings. The van der Waals surface area contributed by atoms with Crippen molar-refractivity contribution in [2.24, 2.45) is 0 Å². The van der Waals surface area contributed by atoms with Crippen LogP contribution < -0.4 is 5.32 Å². The van der Waals surface area contributed by atoms with Gasteiger partial charge in [-0.2, -0.15) is 0 Å². The zero-order valence-electron chi connectivity index (χ0n) is 13.0. The van der Waals surface area contributed by atoms with E-state index in [-0.39, 0.29) is 18.5 Å². The van der Waals surface area contributed by atoms with E-state index in [1.165, 1.54) is 10.5 Å². The molecule has 1 N–H and O–H groups in total. The summed E-state index contributed by atoms with van der Waals surface area (Å²) in [7, 11) is 0. The molecule has 6 heteroatoms. The van der Waals surface area contributed by atoms with Gasteiger partial charge in [0, 0.05) is 11.8 Å². The highest BCUT2D eigenvalue weighted by molar-refractivity contribution is 7.09. The zero-order valence-corrected chi connectivity index (χ0v) is 13.8. The molecule has 120 valence electrons. The van der Waals surface area contributed by atoms with E-state index >= 15 is 0 Å². The molecule has 23 heavy (non-hydrogen) atoms. The van der Waals surface area contributed by atoms with E-state index in [1.807, 2.05) is 30.5 Å². The summed E-state index contributed by atoms with van der Waals surface area (Å²) in [5.74, 6) is -0.156. The Balaban J connectivity index is 1.59. The zero-order chi connectivity index (χ0) is 16.2. The molecule has 1 saturated heterocycles. The van der Waals surface area contributed by atoms with Gasteiger partial charge in [-0.3, -0.25) is 9.69 Å². The smallest absolute Gasteiger partial charge is 0.325 e. The lowest BCUT2D eigenvalue weighted by molar-refractivity contribution is -0.127. The SMILES string of the molecule is CC[C@@H]1NC(=O)N(Cc2csc(CCc3ccccc3)n2)C1=O. The van der Waals surface area contributed by atoms with Gasteiger partial charge in [-0.05, 0) is 18.4 Å². The van der Waals surface area contributed by atoms with Crippen LogP contribution >= 0.6 is 11.3 Å². The van der Waals surface area contributed by atoms with Crippen LogP contribution in [0.15, 0.2) is 35.7 Å². The second kappa shape index (κ2) is 6.91. The van der Waals surface area contributed by atoms with Gasteiger partial charge < -0.3 is 5.32 Å². The molecule has 5 nitrogen and oxygen atoms in total. The number of urea groups is 1. The van der Waals surface area contributed by atoms with Crippen LogP contribution in [0.5, 0.6) is 0 Å². The quantitative estimate of drug-likeness (QED) is 0.829. The van der Waals surface area contributed by atoms with Crippen LogP contribution in [-0.4, -0.2) is 27.9 Å². The molecular formula is C17H19N3O2S. The molecule has 0 unspecified atom stereocenters. The molecule has 0 bridgehead atoms. The largest absolute Gasteiger partial charge is 0.326 e. The molecule has 0 radical (unpaired) electrons. The number of thiazole rings is 1. The number of carbonyl (C=O) groups is 2. The number of nitrogens with one attached hydrogen (secondary N) is 1. The molecule has 0 aliphatic carbocycles. The van der Waals surface area contributed by atoms with Crippen LogP contribution in [0.4, 0.5) is 4.79 Å². The summed E-state index contributed by atoms with van der Waals surface area (Å²) >= 11 is 1.58. The second-order valence-electron chi connectivity index (χ2n) is 5.55. The lowest BCUT2D eigenvalue weighted by Crippen LogP contribution is -2.30. The van der Waals surface area contributed by atoms with Gasteiger partial charge in [0.15, 0.2) is 0 Å². The van der Waals surface area contributed by atoms with Crippen molar-refractivity contribution in [1.29, 1.82) is 0 Å². The summed E-state index contributed by atoms with van der Waals surface area (Å²) in [5.41, 5.74) is 2.06. The van der Waals surface area contributed by atoms with Gasteiger partial charge in [0.1, 0.15) is 6.04 Å². The number of imide groups is 1. The van der Waals surface area contributed by atoms with Gasteiger partial charge in [-0.1, -0.05) is 37.3 Å². The molecule has 3 amide bonds. The van der Waals surface area contributed by atoms with Crippen LogP contribution in [0.2, 0.25) is 0 Å². The van der Waals surface area contributed by atoms with E-state index in [2.05, 4.69) is 22.4 Å². The minimum absolute atomic E-state index is 0.156. The molecule has 2 heterocycles. The molecule has 1 aromatic heterocycles. The minimum atomic E-state index is -0.390. The first-order valence-corrected chi connectivity index (χ1v) is 8.64. The highest BCUT2D eigenvalue weighted by atomic mass is 32.1. The highest BCUT2D eigenvalue weighted by Crippen LogP contribution is 2.17. The molecule has 1 aromatic carbocycles. The van der Waals surface area contributed by atoms with E-state index in [4.69, 9.17) is 0 Å². The van der Waals surface area contributed by atoms with E-state index in [1.54, 1.807) is 11.3 Å². The Morgan fingerprint density at radius 1 is 1.22 bits per heavy atom. The van der Waals surface area contributed by atoms with Crippen molar-refractivity contribution in [3.05, 3.63) is 52.0 Å². The molecule has 1 aliphatic heterocycles. The fraction of sp³-hybridized carbons (Fsp3) is 0.353. The van der Waals surface area contributed by atoms with Crippen molar-refractivity contribution in [3.8, 4) is 0 Å². The van der Waals surface area contributed by atoms with Crippen LogP contribution in [0.1, 0.15) is 29.6 Å². The third kappa shape index (κ3) is 3.59. The first kappa shape index (κ1) is 15.7. The van der Waals surface area contributed by atoms with Crippen LogP contribution in [0, 0.1) is 0 Å². The number of nitrogens with zero attached hydrogens (tertiary/aromatic N) is 2. The number of hydrogen-bond donors (Lipinski definition) is 1. The average molecular weight is 329 g/mol. The number of rotatable bonds is 6. The third-order valence-corrected chi connectivity index (χ3v) is 4.86. The van der Waals surface area contributed by atoms with Crippen molar-refractivity contribution < 1.29 is 9.59 Å². The fourth-order valence-electron chi connectivity index (χ4n) is 2.60. The van der Waals surface area contributed by atoms with Crippen molar-refractivity contribution in [2.75, 3.05) is 0 Å². The van der Waals surface area contributed by atoms with Crippen LogP contribution in [-0.2, 0) is 24.2 Å². The van der Waals surface area contributed by atoms with Crippen molar-refractivity contribution in [2.45, 2.75) is 38.8 Å². The Morgan fingerprint density at radius 2 is 2.00 bits per heavy atom. The summed E-state index contributed by atoms with van der Waals surface area (Å²) < 4.78 is 0. The van der Waals surface area contributed by atoms with Gasteiger partial charge in [0.25, 0.3) is 5.91 Å². The average Bonchev–Trinajstić information content (AvgIpc) is 3.13. The molecule has 1 aliphatic rings. The summed E-state index contributed by atoms with van der Waals surface area (Å²) in [5, 5.41) is 5.65. The van der Waals surface area contributed by atoms with E-state index in [9.17, 15) is 9.59 Å². The van der Waals surface area contributed by atoms with Gasteiger partial charge in [0.2, 0.25) is 0 Å². The second-order valence-corrected chi connectivity index (χ2v) is 6.50. The third-order valence-electron chi connectivity index (χ3n) is 3.91. The maximum absolute atomic E-state index is 12.1. The number of aromatic nitrogens is 1. The Morgan fingerprint density at radius 3 is 2.70 bits per heavy atom. The maximum Gasteiger partial charge on any atom is 0.325 e. The van der Waals surface area contributed by atoms with E-state index < -0.39 is 6.04 Å². The lowest BCUT2D eigenvalue weighted by Gasteiger charge is -2.10. The molecular weight excluding hydrogens is 310 g/mol. The lowest BCUT2D eigenvalue weighted by atomic mass is 10.1. The molecule has 1 fully saturated rings. The van der Waals surface area contributed by atoms with E-state index in [0.29, 0.717) is 6.42 Å². The fourth-order valence-corrected chi connectivity index (χ4v) is 3.39. The number of carbonyl (C=O) groups excluding carboxylic acids is 2. The molecule has 0 spiro atoms. The predicted molar refractivity (Wildman–Crippen MR) is 89.1 cm³/mol. The first-order chi connectivity index (χ1) is 11.2. The Kier molecular flexibility index (Phi) is 4.71. The Bertz CT molecular complexity index is 699. The van der Waals surface area contributed by atoms with E-state index in [0.717, 1.165) is 23.5 Å². The topological polar surface area (TPSA) is 62.3 Å². The van der Waals surface area contributed by atoms with Crippen molar-refractivity contribution >= 4 is 23.3 Å². The normalized spacial score (nSPS) is 17.6. The first-order valence-electron chi connectivity index (χ1n) is 7.76. The molecule has 1 atom stereocenters. The van der Waals surface area contributed by atoms with Gasteiger partial charge in [-0.15, -0.1) is 11.3 Å². The van der Waals surface area contributed by atoms with Gasteiger partial charge >= 0.3 is 6.03 Å². The standard InChI is InChI=1S/C17H19N3O2S/c1-2-14-16(21)20(17(22)19-14)10-13-11-23-15(18-13)9-8-12-6-4-3-5-7-12/h3-7,11,14H,2,8-10H2,1H3,(H,19,22)/t14-/m0/s1. The molecule has 0 saturated carbocycles. The Labute approximate surface area is 139 Å². The monoisotopic (exact) mass is 329 g/mol. The number of benzene rings is 1. The highest BCUT2D eigenvalue weighted by Gasteiger charge is 2.36. The summed E-state index contributed by atoms with van der Waals surface area (Å²) in [6.07, 6.45) is 2.42. The summed E-state index contributed by atoms with van der Waals surface area (Å²) in [6.45, 7) is 2.14. The summed E-state index contributed by atoms with van der Waals surface area (Å²) in [6, 6.07) is 9.57. The van der Waals surface area contributed by atoms with Gasteiger partial charge in [-0.25, -0.2) is 9.78 Å². The Hall–Kier alpha value is -2.21. The van der Waals surface area contributed by atoms with Gasteiger partial charge in [0.05, 0.1) is 17.2 Å². The number of aryl methyl sites for hydroxylation is 2. The summed E-state index contributed by atoms with van der Waals surface area (Å²) in [4.78, 5) is 29.7. The predicted octanol–water partition coefficient (Wildman–Crippen LogP) is 2.76. The maximum atomic E-state index is 12.1.